The molecule has 0 heterocycles. The zero-order valence-corrected chi connectivity index (χ0v) is 12.0. The number of rotatable bonds is 9. The molecule has 4 heteroatoms. The molecule has 1 atom stereocenters. The minimum absolute atomic E-state index is 0.0472. The Morgan fingerprint density at radius 2 is 1.61 bits per heavy atom. The summed E-state index contributed by atoms with van der Waals surface area (Å²) in [7, 11) is 0. The molecule has 0 rings (SSSR count). The van der Waals surface area contributed by atoms with Crippen LogP contribution in [0.2, 0.25) is 0 Å². The highest BCUT2D eigenvalue weighted by Gasteiger charge is 2.24. The monoisotopic (exact) mass is 257 g/mol. The summed E-state index contributed by atoms with van der Waals surface area (Å²) in [5, 5.41) is 11.8. The van der Waals surface area contributed by atoms with Gasteiger partial charge in [-0.2, -0.15) is 0 Å². The third-order valence-electron chi connectivity index (χ3n) is 2.97. The van der Waals surface area contributed by atoms with Gasteiger partial charge >= 0.3 is 5.97 Å². The lowest BCUT2D eigenvalue weighted by molar-refractivity contribution is -0.143. The van der Waals surface area contributed by atoms with Crippen molar-refractivity contribution in [2.75, 3.05) is 0 Å². The Morgan fingerprint density at radius 1 is 1.11 bits per heavy atom. The van der Waals surface area contributed by atoms with E-state index in [1.54, 1.807) is 0 Å². The van der Waals surface area contributed by atoms with Crippen LogP contribution < -0.4 is 5.32 Å². The van der Waals surface area contributed by atoms with Gasteiger partial charge in [-0.05, 0) is 25.2 Å². The fraction of sp³-hybridized carbons (Fsp3) is 0.857. The summed E-state index contributed by atoms with van der Waals surface area (Å²) >= 11 is 0. The van der Waals surface area contributed by atoms with E-state index in [0.29, 0.717) is 6.42 Å². The van der Waals surface area contributed by atoms with E-state index in [-0.39, 0.29) is 17.7 Å². The van der Waals surface area contributed by atoms with E-state index >= 15 is 0 Å². The van der Waals surface area contributed by atoms with Gasteiger partial charge in [0.2, 0.25) is 5.91 Å². The Morgan fingerprint density at radius 3 is 1.94 bits per heavy atom. The second-order valence-electron chi connectivity index (χ2n) is 5.30. The summed E-state index contributed by atoms with van der Waals surface area (Å²) in [6.07, 6.45) is 4.02. The van der Waals surface area contributed by atoms with E-state index in [2.05, 4.69) is 5.32 Å². The molecule has 0 aliphatic rings. The van der Waals surface area contributed by atoms with Gasteiger partial charge in [0, 0.05) is 5.92 Å². The van der Waals surface area contributed by atoms with Gasteiger partial charge in [-0.1, -0.05) is 40.5 Å². The third kappa shape index (κ3) is 6.62. The maximum atomic E-state index is 12.0. The van der Waals surface area contributed by atoms with Crippen LogP contribution in [0.25, 0.3) is 0 Å². The fourth-order valence-electron chi connectivity index (χ4n) is 2.09. The van der Waals surface area contributed by atoms with Crippen molar-refractivity contribution in [2.45, 2.75) is 65.8 Å². The zero-order chi connectivity index (χ0) is 14.1. The maximum Gasteiger partial charge on any atom is 0.326 e. The molecule has 0 aromatic heterocycles. The van der Waals surface area contributed by atoms with Crippen molar-refractivity contribution in [3.8, 4) is 0 Å². The number of nitrogens with one attached hydrogen (secondary N) is 1. The first-order valence-corrected chi connectivity index (χ1v) is 6.95. The molecule has 0 fully saturated rings. The number of hydrogen-bond acceptors (Lipinski definition) is 2. The predicted octanol–water partition coefficient (Wildman–Crippen LogP) is 2.82. The predicted molar refractivity (Wildman–Crippen MR) is 72.3 cm³/mol. The number of amides is 1. The SMILES string of the molecule is CCCC(CCC)C(=O)N[C@H](CC(C)C)C(=O)O. The highest BCUT2D eigenvalue weighted by molar-refractivity contribution is 5.84. The van der Waals surface area contributed by atoms with Crippen molar-refractivity contribution in [2.24, 2.45) is 11.8 Å². The third-order valence-corrected chi connectivity index (χ3v) is 2.97. The molecule has 0 aliphatic carbocycles. The van der Waals surface area contributed by atoms with Crippen LogP contribution in [0, 0.1) is 11.8 Å². The second kappa shape index (κ2) is 8.95. The van der Waals surface area contributed by atoms with Gasteiger partial charge in [0.25, 0.3) is 0 Å². The molecule has 106 valence electrons. The van der Waals surface area contributed by atoms with E-state index in [9.17, 15) is 9.59 Å². The summed E-state index contributed by atoms with van der Waals surface area (Å²) < 4.78 is 0. The summed E-state index contributed by atoms with van der Waals surface area (Å²) in [4.78, 5) is 23.1. The van der Waals surface area contributed by atoms with Crippen LogP contribution >= 0.6 is 0 Å². The average molecular weight is 257 g/mol. The Labute approximate surface area is 110 Å². The van der Waals surface area contributed by atoms with E-state index in [1.807, 2.05) is 27.7 Å². The highest BCUT2D eigenvalue weighted by Crippen LogP contribution is 2.15. The van der Waals surface area contributed by atoms with Gasteiger partial charge in [0.05, 0.1) is 0 Å². The molecule has 0 unspecified atom stereocenters. The average Bonchev–Trinajstić information content (AvgIpc) is 2.27. The van der Waals surface area contributed by atoms with Crippen LogP contribution in [0.3, 0.4) is 0 Å². The highest BCUT2D eigenvalue weighted by atomic mass is 16.4. The standard InChI is InChI=1S/C14H27NO3/c1-5-7-11(8-6-2)13(16)15-12(14(17)18)9-10(3)4/h10-12H,5-9H2,1-4H3,(H,15,16)(H,17,18)/t12-/m1/s1. The van der Waals surface area contributed by atoms with Crippen molar-refractivity contribution >= 4 is 11.9 Å². The molecular formula is C14H27NO3. The van der Waals surface area contributed by atoms with Gasteiger partial charge in [-0.15, -0.1) is 0 Å². The van der Waals surface area contributed by atoms with Crippen molar-refractivity contribution in [1.29, 1.82) is 0 Å². The molecule has 0 aromatic rings. The van der Waals surface area contributed by atoms with Crippen molar-refractivity contribution in [3.05, 3.63) is 0 Å². The number of carboxylic acids is 1. The quantitative estimate of drug-likeness (QED) is 0.667. The largest absolute Gasteiger partial charge is 0.480 e. The number of carboxylic acid groups (broad SMARTS) is 1. The van der Waals surface area contributed by atoms with Crippen LogP contribution in [0.1, 0.15) is 59.8 Å². The number of carbonyl (C=O) groups is 2. The molecule has 18 heavy (non-hydrogen) atoms. The smallest absolute Gasteiger partial charge is 0.326 e. The van der Waals surface area contributed by atoms with E-state index in [1.165, 1.54) is 0 Å². The van der Waals surface area contributed by atoms with Gasteiger partial charge < -0.3 is 10.4 Å². The van der Waals surface area contributed by atoms with Crippen LogP contribution in [0.4, 0.5) is 0 Å². The number of carbonyl (C=O) groups excluding carboxylic acids is 1. The van der Waals surface area contributed by atoms with Crippen molar-refractivity contribution in [3.63, 3.8) is 0 Å². The molecule has 2 N–H and O–H groups in total. The minimum Gasteiger partial charge on any atom is -0.480 e. The first-order valence-electron chi connectivity index (χ1n) is 6.95. The minimum atomic E-state index is -0.941. The molecule has 1 amide bonds. The van der Waals surface area contributed by atoms with E-state index in [0.717, 1.165) is 25.7 Å². The molecule has 0 saturated carbocycles. The summed E-state index contributed by atoms with van der Waals surface area (Å²) in [5.41, 5.74) is 0. The van der Waals surface area contributed by atoms with Gasteiger partial charge in [-0.3, -0.25) is 4.79 Å². The maximum absolute atomic E-state index is 12.0. The Bertz CT molecular complexity index is 258. The summed E-state index contributed by atoms with van der Waals surface area (Å²) in [5.74, 6) is -0.841. The lowest BCUT2D eigenvalue weighted by atomic mass is 9.96. The molecule has 0 saturated heterocycles. The number of aliphatic carboxylic acids is 1. The Balaban J connectivity index is 4.49. The van der Waals surface area contributed by atoms with Crippen molar-refractivity contribution in [1.82, 2.24) is 5.32 Å². The van der Waals surface area contributed by atoms with Crippen LogP contribution in [0.5, 0.6) is 0 Å². The molecule has 0 bridgehead atoms. The Kier molecular flexibility index (Phi) is 8.42. The lowest BCUT2D eigenvalue weighted by Gasteiger charge is -2.20. The van der Waals surface area contributed by atoms with Crippen LogP contribution in [-0.2, 0) is 9.59 Å². The molecule has 4 nitrogen and oxygen atoms in total. The normalized spacial score (nSPS) is 12.8. The van der Waals surface area contributed by atoms with Gasteiger partial charge in [-0.25, -0.2) is 4.79 Å². The molecule has 0 radical (unpaired) electrons. The lowest BCUT2D eigenvalue weighted by Crippen LogP contribution is -2.44. The summed E-state index contributed by atoms with van der Waals surface area (Å²) in [6, 6.07) is -0.756. The first-order chi connectivity index (χ1) is 8.42. The second-order valence-corrected chi connectivity index (χ2v) is 5.30. The van der Waals surface area contributed by atoms with E-state index in [4.69, 9.17) is 5.11 Å². The number of hydrogen-bond donors (Lipinski definition) is 2. The molecular weight excluding hydrogens is 230 g/mol. The van der Waals surface area contributed by atoms with Crippen LogP contribution in [-0.4, -0.2) is 23.0 Å². The Hall–Kier alpha value is -1.06. The van der Waals surface area contributed by atoms with Crippen LogP contribution in [0.15, 0.2) is 0 Å². The van der Waals surface area contributed by atoms with E-state index < -0.39 is 12.0 Å². The summed E-state index contributed by atoms with van der Waals surface area (Å²) in [6.45, 7) is 7.99. The van der Waals surface area contributed by atoms with Crippen molar-refractivity contribution < 1.29 is 14.7 Å². The van der Waals surface area contributed by atoms with Gasteiger partial charge in [0.15, 0.2) is 0 Å². The fourth-order valence-corrected chi connectivity index (χ4v) is 2.09. The van der Waals surface area contributed by atoms with Gasteiger partial charge in [0.1, 0.15) is 6.04 Å². The zero-order valence-electron chi connectivity index (χ0n) is 12.0. The molecule has 0 spiro atoms. The topological polar surface area (TPSA) is 66.4 Å². The molecule has 0 aromatic carbocycles. The molecule has 0 aliphatic heterocycles. The first kappa shape index (κ1) is 16.9.